The van der Waals surface area contributed by atoms with E-state index in [4.69, 9.17) is 4.74 Å². The Balaban J connectivity index is 1.52. The molecule has 0 saturated heterocycles. The molecule has 0 bridgehead atoms. The van der Waals surface area contributed by atoms with Crippen molar-refractivity contribution >= 4 is 28.5 Å². The molecule has 1 heterocycles. The molecule has 0 aliphatic heterocycles. The summed E-state index contributed by atoms with van der Waals surface area (Å²) >= 11 is 0. The van der Waals surface area contributed by atoms with Crippen LogP contribution in [-0.4, -0.2) is 35.1 Å². The third kappa shape index (κ3) is 4.74. The lowest BCUT2D eigenvalue weighted by Crippen LogP contribution is -2.22. The van der Waals surface area contributed by atoms with E-state index in [9.17, 15) is 14.4 Å². The summed E-state index contributed by atoms with van der Waals surface area (Å²) in [5.41, 5.74) is 2.02. The van der Waals surface area contributed by atoms with E-state index in [2.05, 4.69) is 15.0 Å². The van der Waals surface area contributed by atoms with E-state index in [0.717, 1.165) is 0 Å². The minimum atomic E-state index is -0.500. The number of anilines is 1. The number of hydrogen-bond donors (Lipinski definition) is 1. The fourth-order valence-electron chi connectivity index (χ4n) is 3.38. The normalized spacial score (nSPS) is 10.6. The number of esters is 1. The number of methoxy groups -OCH3 is 1. The highest BCUT2D eigenvalue weighted by Gasteiger charge is 2.12. The molecule has 0 aliphatic carbocycles. The molecule has 8 heteroatoms. The molecular weight excluding hydrogens is 422 g/mol. The van der Waals surface area contributed by atoms with Crippen LogP contribution in [0.3, 0.4) is 0 Å². The number of carbonyl (C=O) groups is 2. The molecule has 4 aromatic rings. The number of nitrogens with zero attached hydrogens (tertiary/aromatic N) is 2. The molecule has 1 amide bonds. The molecule has 166 valence electrons. The zero-order chi connectivity index (χ0) is 23.4. The lowest BCUT2D eigenvalue weighted by molar-refractivity contribution is -0.142. The van der Waals surface area contributed by atoms with Crippen LogP contribution in [-0.2, 0) is 9.53 Å². The van der Waals surface area contributed by atoms with Crippen LogP contribution in [0.1, 0.15) is 16.2 Å². The van der Waals surface area contributed by atoms with Crippen molar-refractivity contribution in [3.8, 4) is 11.4 Å². The van der Waals surface area contributed by atoms with Gasteiger partial charge in [-0.1, -0.05) is 18.2 Å². The Labute approximate surface area is 189 Å². The molecular formula is C25H21N3O5. The van der Waals surface area contributed by atoms with E-state index in [1.807, 2.05) is 6.07 Å². The Hall–Kier alpha value is -4.46. The van der Waals surface area contributed by atoms with Crippen molar-refractivity contribution in [1.82, 2.24) is 9.55 Å². The van der Waals surface area contributed by atoms with E-state index >= 15 is 0 Å². The highest BCUT2D eigenvalue weighted by Crippen LogP contribution is 2.19. The van der Waals surface area contributed by atoms with E-state index < -0.39 is 5.97 Å². The van der Waals surface area contributed by atoms with Gasteiger partial charge in [0.25, 0.3) is 11.5 Å². The quantitative estimate of drug-likeness (QED) is 0.458. The summed E-state index contributed by atoms with van der Waals surface area (Å²) in [4.78, 5) is 41.4. The third-order valence-electron chi connectivity index (χ3n) is 5.01. The van der Waals surface area contributed by atoms with Crippen molar-refractivity contribution in [2.24, 2.45) is 0 Å². The van der Waals surface area contributed by atoms with Gasteiger partial charge in [0.05, 0.1) is 23.7 Å². The van der Waals surface area contributed by atoms with Crippen LogP contribution in [0.2, 0.25) is 0 Å². The molecule has 33 heavy (non-hydrogen) atoms. The first-order valence-electron chi connectivity index (χ1n) is 10.2. The van der Waals surface area contributed by atoms with Crippen LogP contribution in [0.5, 0.6) is 5.75 Å². The van der Waals surface area contributed by atoms with Crippen LogP contribution in [0, 0.1) is 6.92 Å². The van der Waals surface area contributed by atoms with Crippen molar-refractivity contribution in [3.63, 3.8) is 0 Å². The van der Waals surface area contributed by atoms with E-state index in [-0.39, 0.29) is 18.1 Å². The van der Waals surface area contributed by atoms with Crippen molar-refractivity contribution in [3.05, 3.63) is 94.5 Å². The van der Waals surface area contributed by atoms with Crippen LogP contribution in [0.15, 0.2) is 77.6 Å². The largest absolute Gasteiger partial charge is 0.482 e. The zero-order valence-electron chi connectivity index (χ0n) is 18.1. The maximum Gasteiger partial charge on any atom is 0.343 e. The molecule has 0 aliphatic rings. The summed E-state index contributed by atoms with van der Waals surface area (Å²) in [5, 5.41) is 3.32. The van der Waals surface area contributed by atoms with E-state index in [1.54, 1.807) is 73.7 Å². The Morgan fingerprint density at radius 2 is 1.76 bits per heavy atom. The van der Waals surface area contributed by atoms with Gasteiger partial charge < -0.3 is 14.8 Å². The van der Waals surface area contributed by atoms with E-state index in [1.165, 1.54) is 11.7 Å². The molecule has 0 saturated carbocycles. The van der Waals surface area contributed by atoms with Gasteiger partial charge in [0, 0.05) is 17.3 Å². The predicted molar refractivity (Wildman–Crippen MR) is 124 cm³/mol. The lowest BCUT2D eigenvalue weighted by atomic mass is 10.1. The summed E-state index contributed by atoms with van der Waals surface area (Å²) in [7, 11) is 1.28. The predicted octanol–water partition coefficient (Wildman–Crippen LogP) is 3.50. The number of ether oxygens (including phenoxy) is 2. The molecule has 0 radical (unpaired) electrons. The Morgan fingerprint density at radius 1 is 1.00 bits per heavy atom. The maximum atomic E-state index is 13.0. The van der Waals surface area contributed by atoms with Gasteiger partial charge in [0.15, 0.2) is 6.61 Å². The third-order valence-corrected chi connectivity index (χ3v) is 5.01. The average molecular weight is 443 g/mol. The second kappa shape index (κ2) is 9.35. The Bertz CT molecular complexity index is 1390. The topological polar surface area (TPSA) is 99.5 Å². The van der Waals surface area contributed by atoms with Crippen LogP contribution in [0.25, 0.3) is 16.6 Å². The summed E-state index contributed by atoms with van der Waals surface area (Å²) in [6.07, 6.45) is 0. The van der Waals surface area contributed by atoms with Crippen LogP contribution >= 0.6 is 0 Å². The number of aryl methyl sites for hydroxylation is 1. The Morgan fingerprint density at radius 3 is 2.52 bits per heavy atom. The van der Waals surface area contributed by atoms with Crippen LogP contribution in [0.4, 0.5) is 5.69 Å². The summed E-state index contributed by atoms with van der Waals surface area (Å²) < 4.78 is 11.4. The molecule has 0 atom stereocenters. The summed E-state index contributed by atoms with van der Waals surface area (Å²) in [5.74, 6) is 0.153. The second-order valence-electron chi connectivity index (χ2n) is 7.21. The minimum Gasteiger partial charge on any atom is -0.482 e. The van der Waals surface area contributed by atoms with Crippen molar-refractivity contribution < 1.29 is 19.1 Å². The average Bonchev–Trinajstić information content (AvgIpc) is 2.83. The number of benzene rings is 3. The molecule has 4 rings (SSSR count). The highest BCUT2D eigenvalue weighted by molar-refractivity contribution is 6.04. The zero-order valence-corrected chi connectivity index (χ0v) is 18.1. The van der Waals surface area contributed by atoms with Crippen molar-refractivity contribution in [2.75, 3.05) is 19.0 Å². The monoisotopic (exact) mass is 443 g/mol. The minimum absolute atomic E-state index is 0.168. The molecule has 8 nitrogen and oxygen atoms in total. The number of para-hydroxylation sites is 1. The number of rotatable bonds is 6. The van der Waals surface area contributed by atoms with Crippen LogP contribution < -0.4 is 15.6 Å². The number of aromatic nitrogens is 2. The molecule has 0 unspecified atom stereocenters. The van der Waals surface area contributed by atoms with Gasteiger partial charge in [-0.15, -0.1) is 0 Å². The van der Waals surface area contributed by atoms with Gasteiger partial charge in [-0.3, -0.25) is 14.2 Å². The van der Waals surface area contributed by atoms with Crippen molar-refractivity contribution in [1.29, 1.82) is 0 Å². The molecule has 1 N–H and O–H groups in total. The fourth-order valence-corrected chi connectivity index (χ4v) is 3.38. The van der Waals surface area contributed by atoms with E-state index in [0.29, 0.717) is 39.4 Å². The first kappa shape index (κ1) is 21.8. The molecule has 1 aromatic heterocycles. The first-order valence-corrected chi connectivity index (χ1v) is 10.2. The standard InChI is InChI=1S/C25H21N3O5/c1-16-26-22-9-4-3-8-21(22)25(31)28(16)19-12-10-17(11-13-19)24(30)27-18-6-5-7-20(14-18)33-15-23(29)32-2/h3-14H,15H2,1-2H3,(H,27,30). The molecule has 0 spiro atoms. The number of amides is 1. The fraction of sp³-hybridized carbons (Fsp3) is 0.120. The van der Waals surface area contributed by atoms with Gasteiger partial charge in [0.1, 0.15) is 11.6 Å². The van der Waals surface area contributed by atoms with Gasteiger partial charge in [0.2, 0.25) is 0 Å². The smallest absolute Gasteiger partial charge is 0.343 e. The first-order chi connectivity index (χ1) is 16.0. The summed E-state index contributed by atoms with van der Waals surface area (Å²) in [6, 6.07) is 20.6. The number of nitrogens with one attached hydrogen (secondary N) is 1. The Kier molecular flexibility index (Phi) is 6.17. The number of hydrogen-bond acceptors (Lipinski definition) is 6. The highest BCUT2D eigenvalue weighted by atomic mass is 16.6. The number of fused-ring (bicyclic) bond motifs is 1. The lowest BCUT2D eigenvalue weighted by Gasteiger charge is -2.12. The number of carbonyl (C=O) groups excluding carboxylic acids is 2. The van der Waals surface area contributed by atoms with Gasteiger partial charge >= 0.3 is 5.97 Å². The molecule has 0 fully saturated rings. The second-order valence-corrected chi connectivity index (χ2v) is 7.21. The SMILES string of the molecule is COC(=O)COc1cccc(NC(=O)c2ccc(-n3c(C)nc4ccccc4c3=O)cc2)c1. The maximum absolute atomic E-state index is 13.0. The van der Waals surface area contributed by atoms with Gasteiger partial charge in [-0.05, 0) is 55.5 Å². The summed E-state index contributed by atoms with van der Waals surface area (Å²) in [6.45, 7) is 1.54. The van der Waals surface area contributed by atoms with Gasteiger partial charge in [-0.25, -0.2) is 9.78 Å². The molecule has 3 aromatic carbocycles. The van der Waals surface area contributed by atoms with Gasteiger partial charge in [-0.2, -0.15) is 0 Å². The van der Waals surface area contributed by atoms with Crippen molar-refractivity contribution in [2.45, 2.75) is 6.92 Å².